The maximum Gasteiger partial charge on any atom is 0.118 e. The molecular weight excluding hydrogens is 238 g/mol. The Labute approximate surface area is 114 Å². The molecular formula is C15H21N3O. The van der Waals surface area contributed by atoms with Gasteiger partial charge < -0.3 is 10.5 Å². The molecule has 0 saturated carbocycles. The fraction of sp³-hybridized carbons (Fsp3) is 0.400. The average molecular weight is 259 g/mol. The number of benzene rings is 1. The second-order valence-electron chi connectivity index (χ2n) is 4.79. The van der Waals surface area contributed by atoms with E-state index in [9.17, 15) is 0 Å². The van der Waals surface area contributed by atoms with Gasteiger partial charge in [-0.15, -0.1) is 0 Å². The van der Waals surface area contributed by atoms with Crippen LogP contribution in [-0.4, -0.2) is 22.9 Å². The number of aryl methyl sites for hydroxylation is 1. The van der Waals surface area contributed by atoms with Gasteiger partial charge >= 0.3 is 0 Å². The second kappa shape index (κ2) is 5.89. The van der Waals surface area contributed by atoms with Crippen LogP contribution in [0.1, 0.15) is 30.5 Å². The van der Waals surface area contributed by atoms with E-state index in [1.54, 1.807) is 7.11 Å². The van der Waals surface area contributed by atoms with Crippen LogP contribution in [0, 0.1) is 6.92 Å². The normalized spacial score (nSPS) is 14.1. The minimum absolute atomic E-state index is 0.0349. The van der Waals surface area contributed by atoms with E-state index in [1.807, 2.05) is 36.1 Å². The SMILES string of the molecule is CCC(N)C(c1ccc(OC)cc1)n1cc(C)cn1. The Hall–Kier alpha value is -1.81. The summed E-state index contributed by atoms with van der Waals surface area (Å²) >= 11 is 0. The van der Waals surface area contributed by atoms with Crippen molar-refractivity contribution in [3.63, 3.8) is 0 Å². The van der Waals surface area contributed by atoms with Gasteiger partial charge in [0.25, 0.3) is 0 Å². The lowest BCUT2D eigenvalue weighted by molar-refractivity contribution is 0.410. The molecule has 0 spiro atoms. The van der Waals surface area contributed by atoms with Crippen LogP contribution in [0.5, 0.6) is 5.75 Å². The highest BCUT2D eigenvalue weighted by Crippen LogP contribution is 2.24. The number of hydrogen-bond acceptors (Lipinski definition) is 3. The van der Waals surface area contributed by atoms with Crippen molar-refractivity contribution in [1.29, 1.82) is 0 Å². The minimum Gasteiger partial charge on any atom is -0.497 e. The first-order chi connectivity index (χ1) is 9.15. The van der Waals surface area contributed by atoms with Crippen molar-refractivity contribution in [3.8, 4) is 5.75 Å². The zero-order valence-electron chi connectivity index (χ0n) is 11.7. The van der Waals surface area contributed by atoms with Crippen molar-refractivity contribution in [1.82, 2.24) is 9.78 Å². The summed E-state index contributed by atoms with van der Waals surface area (Å²) in [5.41, 5.74) is 8.56. The number of hydrogen-bond donors (Lipinski definition) is 1. The third kappa shape index (κ3) is 2.96. The van der Waals surface area contributed by atoms with Crippen LogP contribution in [0.25, 0.3) is 0 Å². The van der Waals surface area contributed by atoms with E-state index in [0.29, 0.717) is 0 Å². The molecule has 0 bridgehead atoms. The standard InChI is InChI=1S/C15H21N3O/c1-4-14(16)15(18-10-11(2)9-17-18)12-5-7-13(19-3)8-6-12/h5-10,14-15H,4,16H2,1-3H3. The predicted octanol–water partition coefficient (Wildman–Crippen LogP) is 2.53. The Morgan fingerprint density at radius 3 is 2.47 bits per heavy atom. The average Bonchev–Trinajstić information content (AvgIpc) is 2.86. The van der Waals surface area contributed by atoms with E-state index in [0.717, 1.165) is 23.3 Å². The van der Waals surface area contributed by atoms with E-state index in [1.165, 1.54) is 0 Å². The zero-order chi connectivity index (χ0) is 13.8. The van der Waals surface area contributed by atoms with Gasteiger partial charge in [0.15, 0.2) is 0 Å². The van der Waals surface area contributed by atoms with Gasteiger partial charge in [-0.25, -0.2) is 0 Å². The molecule has 0 aliphatic rings. The van der Waals surface area contributed by atoms with Crippen molar-refractivity contribution in [2.75, 3.05) is 7.11 Å². The van der Waals surface area contributed by atoms with Gasteiger partial charge in [-0.3, -0.25) is 4.68 Å². The van der Waals surface area contributed by atoms with Crippen molar-refractivity contribution in [2.45, 2.75) is 32.4 Å². The van der Waals surface area contributed by atoms with Gasteiger partial charge in [-0.05, 0) is 36.6 Å². The number of nitrogens with zero attached hydrogens (tertiary/aromatic N) is 2. The van der Waals surface area contributed by atoms with Crippen molar-refractivity contribution >= 4 is 0 Å². The smallest absolute Gasteiger partial charge is 0.118 e. The number of methoxy groups -OCH3 is 1. The quantitative estimate of drug-likeness (QED) is 0.897. The van der Waals surface area contributed by atoms with Gasteiger partial charge in [0.2, 0.25) is 0 Å². The summed E-state index contributed by atoms with van der Waals surface area (Å²) in [6.45, 7) is 4.13. The molecule has 0 aliphatic heterocycles. The Balaban J connectivity index is 2.36. The molecule has 0 amide bonds. The first kappa shape index (κ1) is 13.6. The molecule has 2 rings (SSSR count). The summed E-state index contributed by atoms with van der Waals surface area (Å²) in [4.78, 5) is 0. The van der Waals surface area contributed by atoms with E-state index >= 15 is 0 Å². The Morgan fingerprint density at radius 1 is 1.32 bits per heavy atom. The monoisotopic (exact) mass is 259 g/mol. The van der Waals surface area contributed by atoms with Gasteiger partial charge in [0, 0.05) is 12.2 Å². The van der Waals surface area contributed by atoms with Crippen LogP contribution in [0.3, 0.4) is 0 Å². The number of rotatable bonds is 5. The van der Waals surface area contributed by atoms with E-state index in [4.69, 9.17) is 10.5 Å². The predicted molar refractivity (Wildman–Crippen MR) is 76.4 cm³/mol. The van der Waals surface area contributed by atoms with Gasteiger partial charge in [0.05, 0.1) is 19.3 Å². The maximum atomic E-state index is 6.27. The highest BCUT2D eigenvalue weighted by Gasteiger charge is 2.21. The van der Waals surface area contributed by atoms with Crippen LogP contribution in [0.2, 0.25) is 0 Å². The van der Waals surface area contributed by atoms with Gasteiger partial charge in [-0.2, -0.15) is 5.10 Å². The molecule has 2 atom stereocenters. The lowest BCUT2D eigenvalue weighted by Gasteiger charge is -2.24. The Bertz CT molecular complexity index is 518. The van der Waals surface area contributed by atoms with E-state index in [2.05, 4.69) is 24.2 Å². The highest BCUT2D eigenvalue weighted by atomic mass is 16.5. The molecule has 19 heavy (non-hydrogen) atoms. The lowest BCUT2D eigenvalue weighted by atomic mass is 9.98. The molecule has 4 nitrogen and oxygen atoms in total. The van der Waals surface area contributed by atoms with Gasteiger partial charge in [-0.1, -0.05) is 19.1 Å². The summed E-state index contributed by atoms with van der Waals surface area (Å²) in [6.07, 6.45) is 4.79. The van der Waals surface area contributed by atoms with Crippen molar-refractivity contribution in [2.24, 2.45) is 5.73 Å². The van der Waals surface area contributed by atoms with Gasteiger partial charge in [0.1, 0.15) is 5.75 Å². The molecule has 2 aromatic rings. The molecule has 4 heteroatoms. The molecule has 2 N–H and O–H groups in total. The summed E-state index contributed by atoms with van der Waals surface area (Å²) in [6, 6.07) is 8.12. The number of nitrogens with two attached hydrogens (primary N) is 1. The Morgan fingerprint density at radius 2 is 2.00 bits per heavy atom. The fourth-order valence-electron chi connectivity index (χ4n) is 2.21. The van der Waals surface area contributed by atoms with Crippen LogP contribution < -0.4 is 10.5 Å². The molecule has 2 unspecified atom stereocenters. The topological polar surface area (TPSA) is 53.1 Å². The zero-order valence-corrected chi connectivity index (χ0v) is 11.7. The first-order valence-corrected chi connectivity index (χ1v) is 6.56. The summed E-state index contributed by atoms with van der Waals surface area (Å²) < 4.78 is 7.14. The summed E-state index contributed by atoms with van der Waals surface area (Å²) in [7, 11) is 1.67. The molecule has 0 saturated heterocycles. The first-order valence-electron chi connectivity index (χ1n) is 6.56. The second-order valence-corrected chi connectivity index (χ2v) is 4.79. The van der Waals surface area contributed by atoms with Crippen LogP contribution >= 0.6 is 0 Å². The Kier molecular flexibility index (Phi) is 4.22. The molecule has 0 radical (unpaired) electrons. The van der Waals surface area contributed by atoms with E-state index < -0.39 is 0 Å². The third-order valence-corrected chi connectivity index (χ3v) is 3.35. The minimum atomic E-state index is 0.0349. The lowest BCUT2D eigenvalue weighted by Crippen LogP contribution is -2.32. The van der Waals surface area contributed by atoms with Crippen LogP contribution in [0.15, 0.2) is 36.7 Å². The largest absolute Gasteiger partial charge is 0.497 e. The maximum absolute atomic E-state index is 6.27. The van der Waals surface area contributed by atoms with Crippen molar-refractivity contribution in [3.05, 3.63) is 47.8 Å². The number of ether oxygens (including phenoxy) is 1. The summed E-state index contributed by atoms with van der Waals surface area (Å²) in [5.74, 6) is 0.851. The molecule has 1 aromatic heterocycles. The molecule has 102 valence electrons. The number of aromatic nitrogens is 2. The van der Waals surface area contributed by atoms with E-state index in [-0.39, 0.29) is 12.1 Å². The van der Waals surface area contributed by atoms with Crippen LogP contribution in [0.4, 0.5) is 0 Å². The van der Waals surface area contributed by atoms with Crippen LogP contribution in [-0.2, 0) is 0 Å². The fourth-order valence-corrected chi connectivity index (χ4v) is 2.21. The molecule has 0 fully saturated rings. The van der Waals surface area contributed by atoms with Crippen molar-refractivity contribution < 1.29 is 4.74 Å². The molecule has 1 heterocycles. The molecule has 0 aliphatic carbocycles. The highest BCUT2D eigenvalue weighted by molar-refractivity contribution is 5.30. The summed E-state index contributed by atoms with van der Waals surface area (Å²) in [5, 5.41) is 4.41. The molecule has 1 aromatic carbocycles. The third-order valence-electron chi connectivity index (χ3n) is 3.35.